The summed E-state index contributed by atoms with van der Waals surface area (Å²) in [5.41, 5.74) is 0. The first-order valence-electron chi connectivity index (χ1n) is 1.89. The predicted octanol–water partition coefficient (Wildman–Crippen LogP) is -2.11. The van der Waals surface area contributed by atoms with E-state index in [0.717, 1.165) is 7.11 Å². The minimum atomic E-state index is -2.00. The number of aliphatic hydroxyl groups is 1. The topological polar surface area (TPSA) is 79.2 Å². The van der Waals surface area contributed by atoms with Crippen LogP contribution in [-0.4, -0.2) is 36.1 Å². The molecule has 0 aliphatic carbocycles. The molecule has 0 bridgehead atoms. The summed E-state index contributed by atoms with van der Waals surface area (Å²) in [7, 11) is -0.836. The van der Waals surface area contributed by atoms with Crippen LogP contribution in [0, 0.1) is 0 Å². The van der Waals surface area contributed by atoms with Crippen molar-refractivity contribution in [2.75, 3.05) is 7.11 Å². The quantitative estimate of drug-likeness (QED) is 0.295. The van der Waals surface area contributed by atoms with Gasteiger partial charge >= 0.3 is 7.32 Å². The van der Waals surface area contributed by atoms with Crippen molar-refractivity contribution < 1.29 is 24.5 Å². The molecule has 0 aliphatic heterocycles. The number of rotatable bonds is 3. The van der Waals surface area contributed by atoms with Crippen LogP contribution in [0.2, 0.25) is 0 Å². The molecule has 3 N–H and O–H groups in total. The van der Waals surface area contributed by atoms with Crippen LogP contribution in [0.1, 0.15) is 0 Å². The fourth-order valence-corrected chi connectivity index (χ4v) is 0.160. The van der Waals surface area contributed by atoms with E-state index >= 15 is 0 Å². The van der Waals surface area contributed by atoms with Crippen molar-refractivity contribution in [3.8, 4) is 0 Å². The lowest BCUT2D eigenvalue weighted by atomic mass is 10.3. The number of hydrogen-bond acceptors (Lipinski definition) is 5. The van der Waals surface area contributed by atoms with Crippen LogP contribution in [-0.2, 0) is 9.39 Å². The lowest BCUT2D eigenvalue weighted by molar-refractivity contribution is -0.215. The molecule has 0 amide bonds. The molecular formula is C2H7BO5. The lowest BCUT2D eigenvalue weighted by Gasteiger charge is -2.06. The first kappa shape index (κ1) is 7.86. The Morgan fingerprint density at radius 3 is 2.12 bits per heavy atom. The van der Waals surface area contributed by atoms with Crippen molar-refractivity contribution in [2.45, 2.75) is 6.48 Å². The molecule has 0 spiro atoms. The molecule has 0 saturated heterocycles. The van der Waals surface area contributed by atoms with E-state index in [9.17, 15) is 0 Å². The second-order valence-electron chi connectivity index (χ2n) is 1.01. The van der Waals surface area contributed by atoms with Gasteiger partial charge in [0.25, 0.3) is 6.48 Å². The summed E-state index contributed by atoms with van der Waals surface area (Å²) in [5, 5.41) is 24.2. The lowest BCUT2D eigenvalue weighted by Crippen LogP contribution is -2.26. The van der Waals surface area contributed by atoms with E-state index in [2.05, 4.69) is 9.39 Å². The van der Waals surface area contributed by atoms with Crippen molar-refractivity contribution >= 4 is 7.32 Å². The highest BCUT2D eigenvalue weighted by atomic mass is 16.8. The van der Waals surface area contributed by atoms with Gasteiger partial charge in [-0.2, -0.15) is 0 Å². The van der Waals surface area contributed by atoms with Gasteiger partial charge in [-0.1, -0.05) is 0 Å². The van der Waals surface area contributed by atoms with E-state index in [-0.39, 0.29) is 0 Å². The van der Waals surface area contributed by atoms with Crippen LogP contribution in [0.25, 0.3) is 0 Å². The predicted molar refractivity (Wildman–Crippen MR) is 24.3 cm³/mol. The van der Waals surface area contributed by atoms with Gasteiger partial charge in [0.15, 0.2) is 0 Å². The van der Waals surface area contributed by atoms with E-state index in [1.54, 1.807) is 0 Å². The zero-order chi connectivity index (χ0) is 6.57. The molecule has 0 saturated carbocycles. The Balaban J connectivity index is 3.10. The number of ether oxygens (including phenoxy) is 1. The fraction of sp³-hybridized carbons (Fsp3) is 1.00. The summed E-state index contributed by atoms with van der Waals surface area (Å²) >= 11 is 0. The van der Waals surface area contributed by atoms with Crippen LogP contribution in [0.4, 0.5) is 0 Å². The van der Waals surface area contributed by atoms with Crippen molar-refractivity contribution in [3.63, 3.8) is 0 Å². The Morgan fingerprint density at radius 1 is 1.50 bits per heavy atom. The highest BCUT2D eigenvalue weighted by molar-refractivity contribution is 6.32. The summed E-state index contributed by atoms with van der Waals surface area (Å²) in [6, 6.07) is 0. The third kappa shape index (κ3) is 4.04. The maximum atomic E-state index is 8.26. The van der Waals surface area contributed by atoms with E-state index in [0.29, 0.717) is 0 Å². The first-order chi connectivity index (χ1) is 3.66. The van der Waals surface area contributed by atoms with Gasteiger partial charge in [-0.25, -0.2) is 0 Å². The average Bonchev–Trinajstić information content (AvgIpc) is 1.65. The van der Waals surface area contributed by atoms with Gasteiger partial charge in [0.05, 0.1) is 0 Å². The van der Waals surface area contributed by atoms with Gasteiger partial charge in [0, 0.05) is 7.11 Å². The minimum absolute atomic E-state index is 1.16. The Bertz CT molecular complexity index is 56.4. The molecular weight excluding hydrogens is 115 g/mol. The average molecular weight is 122 g/mol. The highest BCUT2D eigenvalue weighted by Crippen LogP contribution is 1.85. The van der Waals surface area contributed by atoms with Gasteiger partial charge in [0.1, 0.15) is 0 Å². The fourth-order valence-electron chi connectivity index (χ4n) is 0.160. The molecule has 0 aromatic heterocycles. The van der Waals surface area contributed by atoms with Gasteiger partial charge in [0.2, 0.25) is 0 Å². The largest absolute Gasteiger partial charge is 0.637 e. The van der Waals surface area contributed by atoms with Crippen molar-refractivity contribution in [1.82, 2.24) is 0 Å². The number of methoxy groups -OCH3 is 1. The van der Waals surface area contributed by atoms with Crippen LogP contribution in [0.5, 0.6) is 0 Å². The SMILES string of the molecule is COC(O)OB(O)O. The summed E-state index contributed by atoms with van der Waals surface area (Å²) in [6.45, 7) is -1.57. The molecule has 0 radical (unpaired) electrons. The maximum absolute atomic E-state index is 8.26. The van der Waals surface area contributed by atoms with E-state index in [4.69, 9.17) is 15.2 Å². The van der Waals surface area contributed by atoms with Crippen molar-refractivity contribution in [1.29, 1.82) is 0 Å². The zero-order valence-electron chi connectivity index (χ0n) is 4.31. The molecule has 0 aliphatic rings. The van der Waals surface area contributed by atoms with Gasteiger partial charge < -0.3 is 24.5 Å². The number of aliphatic hydroxyl groups excluding tert-OH is 1. The minimum Gasteiger partial charge on any atom is -0.402 e. The Hall–Kier alpha value is -0.135. The molecule has 0 rings (SSSR count). The van der Waals surface area contributed by atoms with Gasteiger partial charge in [-0.05, 0) is 0 Å². The van der Waals surface area contributed by atoms with E-state index in [1.807, 2.05) is 0 Å². The monoisotopic (exact) mass is 122 g/mol. The smallest absolute Gasteiger partial charge is 0.402 e. The Kier molecular flexibility index (Phi) is 3.75. The summed E-state index contributed by atoms with van der Waals surface area (Å²) in [6.07, 6.45) is 0. The normalized spacial score (nSPS) is 13.5. The molecule has 5 nitrogen and oxygen atoms in total. The standard InChI is InChI=1S/C2H7BO5/c1-7-2(4)8-3(5)6/h2,4-6H,1H3. The van der Waals surface area contributed by atoms with Crippen molar-refractivity contribution in [3.05, 3.63) is 0 Å². The molecule has 8 heavy (non-hydrogen) atoms. The third-order valence-corrected chi connectivity index (χ3v) is 0.440. The molecule has 0 aromatic carbocycles. The first-order valence-corrected chi connectivity index (χ1v) is 1.89. The molecule has 48 valence electrons. The highest BCUT2D eigenvalue weighted by Gasteiger charge is 2.13. The van der Waals surface area contributed by atoms with Crippen LogP contribution >= 0.6 is 0 Å². The zero-order valence-corrected chi connectivity index (χ0v) is 4.31. The van der Waals surface area contributed by atoms with Crippen molar-refractivity contribution in [2.24, 2.45) is 0 Å². The Labute approximate surface area is 46.6 Å². The molecule has 0 fully saturated rings. The van der Waals surface area contributed by atoms with Gasteiger partial charge in [-0.3, -0.25) is 0 Å². The van der Waals surface area contributed by atoms with Crippen LogP contribution < -0.4 is 0 Å². The van der Waals surface area contributed by atoms with Crippen LogP contribution in [0.3, 0.4) is 0 Å². The Morgan fingerprint density at radius 2 is 2.00 bits per heavy atom. The molecule has 0 heterocycles. The molecule has 0 aromatic rings. The molecule has 1 unspecified atom stereocenters. The van der Waals surface area contributed by atoms with Gasteiger partial charge in [-0.15, -0.1) is 0 Å². The summed E-state index contributed by atoms with van der Waals surface area (Å²) in [5.74, 6) is 0. The second kappa shape index (κ2) is 3.82. The van der Waals surface area contributed by atoms with E-state index in [1.165, 1.54) is 0 Å². The second-order valence-corrected chi connectivity index (χ2v) is 1.01. The number of hydrogen-bond donors (Lipinski definition) is 3. The summed E-state index contributed by atoms with van der Waals surface area (Å²) in [4.78, 5) is 0. The molecule has 6 heteroatoms. The summed E-state index contributed by atoms with van der Waals surface area (Å²) < 4.78 is 7.92. The van der Waals surface area contributed by atoms with E-state index < -0.39 is 13.8 Å². The van der Waals surface area contributed by atoms with Crippen LogP contribution in [0.15, 0.2) is 0 Å². The maximum Gasteiger partial charge on any atom is 0.637 e. The molecule has 1 atom stereocenters. The third-order valence-electron chi connectivity index (χ3n) is 0.440.